The molecule has 0 saturated heterocycles. The predicted octanol–water partition coefficient (Wildman–Crippen LogP) is 26.6. The van der Waals surface area contributed by atoms with E-state index in [0.29, 0.717) is 6.61 Å². The van der Waals surface area contributed by atoms with Gasteiger partial charge < -0.3 is 4.74 Å². The lowest BCUT2D eigenvalue weighted by Crippen LogP contribution is -2.04. The second kappa shape index (κ2) is 32.3. The molecule has 2 atom stereocenters. The zero-order chi connectivity index (χ0) is 56.3. The predicted molar refractivity (Wildman–Crippen MR) is 369 cm³/mol. The average molecular weight is 1220 g/mol. The van der Waals surface area contributed by atoms with Crippen molar-refractivity contribution in [1.82, 2.24) is 8.75 Å². The normalized spacial score (nSPS) is 12.8. The van der Waals surface area contributed by atoms with Gasteiger partial charge in [-0.1, -0.05) is 202 Å². The third-order valence-corrected chi connectivity index (χ3v) is 24.2. The highest BCUT2D eigenvalue weighted by molar-refractivity contribution is 7.28. The summed E-state index contributed by atoms with van der Waals surface area (Å²) in [6.07, 6.45) is 38.6. The smallest absolute Gasteiger partial charge is 0.130 e. The standard InChI is InChI=1S/C71H94N2OS7/c1-8-13-18-22-24-28-33-51(31-26-20-15-10-3)45-53-36-39-61(77-53)65-56-44-50(7)76-70(56)66(62-40-37-54(78-62)46-52(32-27-21-16-11-4)34-29-25-23-19-14-9-2)57-48-64(80-71(57)65)60-41-42-63(79-60)67-58(74-43-30-17-12-5)47-55(59-38-35-49(6)75-59)68-69(67)73-81-72-68/h35-42,44,47-48,51-52H,8-34,43,45-46H2,1-7H3. The Morgan fingerprint density at radius 2 is 0.852 bits per heavy atom. The van der Waals surface area contributed by atoms with E-state index in [1.165, 1.54) is 249 Å². The summed E-state index contributed by atoms with van der Waals surface area (Å²) in [7, 11) is 0. The second-order valence-corrected chi connectivity index (χ2v) is 31.1. The highest BCUT2D eigenvalue weighted by atomic mass is 32.1. The van der Waals surface area contributed by atoms with E-state index in [4.69, 9.17) is 13.5 Å². The third kappa shape index (κ3) is 16.6. The Morgan fingerprint density at radius 3 is 1.42 bits per heavy atom. The fourth-order valence-corrected chi connectivity index (χ4v) is 19.8. The van der Waals surface area contributed by atoms with Crippen LogP contribution in [0.4, 0.5) is 0 Å². The highest BCUT2D eigenvalue weighted by Gasteiger charge is 2.27. The number of ether oxygens (including phenoxy) is 1. The van der Waals surface area contributed by atoms with Gasteiger partial charge in [0.05, 0.1) is 23.9 Å². The van der Waals surface area contributed by atoms with Gasteiger partial charge in [0.1, 0.15) is 16.8 Å². The number of aromatic nitrogens is 2. The van der Waals surface area contributed by atoms with Crippen LogP contribution in [-0.2, 0) is 12.8 Å². The van der Waals surface area contributed by atoms with Crippen LogP contribution in [-0.4, -0.2) is 15.4 Å². The SMILES string of the molecule is CCCCCCCCC(CCCCCC)Cc1ccc(-c2c3cc(-c4ccc(-c5c(OCCCCC)cc(-c6ccc(C)s6)c6nsnc56)s4)sc3c(-c3ccc(CC(CCCCCC)CCCCCCCC)s3)c3cc(C)sc23)s1. The van der Waals surface area contributed by atoms with Crippen molar-refractivity contribution in [2.45, 2.75) is 235 Å². The number of hydrogen-bond donors (Lipinski definition) is 0. The molecule has 0 saturated carbocycles. The van der Waals surface area contributed by atoms with Gasteiger partial charge in [0.15, 0.2) is 0 Å². The number of benzene rings is 2. The summed E-state index contributed by atoms with van der Waals surface area (Å²) in [6.45, 7) is 16.8. The van der Waals surface area contributed by atoms with Crippen LogP contribution in [0, 0.1) is 25.7 Å². The quantitative estimate of drug-likeness (QED) is 0.0362. The maximum Gasteiger partial charge on any atom is 0.130 e. The largest absolute Gasteiger partial charge is 0.493 e. The Morgan fingerprint density at radius 1 is 0.383 bits per heavy atom. The van der Waals surface area contributed by atoms with Crippen molar-refractivity contribution < 1.29 is 4.74 Å². The Hall–Kier alpha value is -3.22. The molecule has 0 amide bonds. The van der Waals surface area contributed by atoms with E-state index in [1.807, 2.05) is 45.3 Å². The molecule has 7 aromatic heterocycles. The van der Waals surface area contributed by atoms with Gasteiger partial charge in [-0.3, -0.25) is 0 Å². The van der Waals surface area contributed by atoms with E-state index in [-0.39, 0.29) is 0 Å². The van der Waals surface area contributed by atoms with E-state index in [0.717, 1.165) is 59.0 Å². The lowest BCUT2D eigenvalue weighted by atomic mass is 9.91. The first-order valence-corrected chi connectivity index (χ1v) is 37.7. The van der Waals surface area contributed by atoms with Crippen molar-refractivity contribution in [3.8, 4) is 57.3 Å². The average Bonchev–Trinajstić information content (AvgIpc) is 4.48. The number of rotatable bonds is 38. The van der Waals surface area contributed by atoms with Crippen LogP contribution in [0.25, 0.3) is 82.7 Å². The number of fused-ring (bicyclic) bond motifs is 3. The van der Waals surface area contributed by atoms with Crippen LogP contribution in [0.15, 0.2) is 66.7 Å². The van der Waals surface area contributed by atoms with E-state index < -0.39 is 0 Å². The first-order valence-electron chi connectivity index (χ1n) is 32.1. The molecule has 2 aromatic carbocycles. The molecular formula is C71H94N2OS7. The first kappa shape index (κ1) is 62.3. The van der Waals surface area contributed by atoms with Gasteiger partial charge in [-0.15, -0.1) is 68.0 Å². The second-order valence-electron chi connectivity index (χ2n) is 23.6. The summed E-state index contributed by atoms with van der Waals surface area (Å²) >= 11 is 13.2. The first-order chi connectivity index (χ1) is 39.8. The highest BCUT2D eigenvalue weighted by Crippen LogP contribution is 2.55. The molecular weight excluding hydrogens is 1120 g/mol. The van der Waals surface area contributed by atoms with Crippen LogP contribution in [0.3, 0.4) is 0 Å². The summed E-state index contributed by atoms with van der Waals surface area (Å²) in [4.78, 5) is 13.7. The van der Waals surface area contributed by atoms with Crippen LogP contribution in [0.2, 0.25) is 0 Å². The number of thiophene rings is 6. The molecule has 0 aliphatic carbocycles. The number of aryl methyl sites for hydroxylation is 2. The fraction of sp³-hybridized carbons (Fsp3) is 0.549. The third-order valence-electron chi connectivity index (χ3n) is 16.8. The molecule has 7 heterocycles. The van der Waals surface area contributed by atoms with Crippen molar-refractivity contribution in [2.24, 2.45) is 11.8 Å². The molecule has 9 rings (SSSR count). The van der Waals surface area contributed by atoms with Gasteiger partial charge in [-0.05, 0) is 112 Å². The minimum atomic E-state index is 0.690. The number of hydrogen-bond acceptors (Lipinski definition) is 10. The Labute approximate surface area is 516 Å². The summed E-state index contributed by atoms with van der Waals surface area (Å²) in [6, 6.07) is 26.6. The van der Waals surface area contributed by atoms with Crippen molar-refractivity contribution in [3.05, 3.63) is 86.2 Å². The molecule has 0 spiro atoms. The fourth-order valence-electron chi connectivity index (χ4n) is 12.3. The zero-order valence-corrected chi connectivity index (χ0v) is 56.1. The summed E-state index contributed by atoms with van der Waals surface area (Å²) in [5.74, 6) is 2.45. The van der Waals surface area contributed by atoms with Crippen molar-refractivity contribution >= 4 is 111 Å². The van der Waals surface area contributed by atoms with Gasteiger partial charge in [0.25, 0.3) is 0 Å². The molecule has 0 radical (unpaired) electrons. The number of nitrogens with zero attached hydrogens (tertiary/aromatic N) is 2. The molecule has 436 valence electrons. The van der Waals surface area contributed by atoms with Crippen molar-refractivity contribution in [3.63, 3.8) is 0 Å². The van der Waals surface area contributed by atoms with Gasteiger partial charge in [-0.25, -0.2) is 0 Å². The van der Waals surface area contributed by atoms with Crippen molar-refractivity contribution in [2.75, 3.05) is 6.61 Å². The molecule has 10 heteroatoms. The van der Waals surface area contributed by atoms with Crippen LogP contribution >= 0.6 is 79.7 Å². The van der Waals surface area contributed by atoms with Gasteiger partial charge in [0, 0.05) is 85.6 Å². The maximum absolute atomic E-state index is 6.82. The molecule has 0 fully saturated rings. The maximum atomic E-state index is 6.82. The minimum Gasteiger partial charge on any atom is -0.493 e. The molecule has 0 aliphatic heterocycles. The van der Waals surface area contributed by atoms with E-state index in [2.05, 4.69) is 138 Å². The molecule has 0 bridgehead atoms. The molecule has 0 aliphatic rings. The molecule has 0 N–H and O–H groups in total. The summed E-state index contributed by atoms with van der Waals surface area (Å²) in [5, 5.41) is 2.85. The molecule has 3 nitrogen and oxygen atoms in total. The molecule has 81 heavy (non-hydrogen) atoms. The van der Waals surface area contributed by atoms with E-state index in [9.17, 15) is 0 Å². The summed E-state index contributed by atoms with van der Waals surface area (Å²) < 4.78 is 19.7. The van der Waals surface area contributed by atoms with Crippen LogP contribution in [0.1, 0.15) is 227 Å². The van der Waals surface area contributed by atoms with Crippen LogP contribution < -0.4 is 4.74 Å². The Bertz CT molecular complexity index is 3170. The van der Waals surface area contributed by atoms with Crippen LogP contribution in [0.5, 0.6) is 5.75 Å². The Kier molecular flexibility index (Phi) is 24.9. The van der Waals surface area contributed by atoms with E-state index >= 15 is 0 Å². The Balaban J connectivity index is 1.11. The van der Waals surface area contributed by atoms with Gasteiger partial charge in [-0.2, -0.15) is 8.75 Å². The molecule has 9 aromatic rings. The van der Waals surface area contributed by atoms with Gasteiger partial charge in [0.2, 0.25) is 0 Å². The zero-order valence-electron chi connectivity index (χ0n) is 50.4. The molecule has 2 unspecified atom stereocenters. The topological polar surface area (TPSA) is 35.0 Å². The summed E-state index contributed by atoms with van der Waals surface area (Å²) in [5.41, 5.74) is 7.03. The van der Waals surface area contributed by atoms with Gasteiger partial charge >= 0.3 is 0 Å². The lowest BCUT2D eigenvalue weighted by molar-refractivity contribution is 0.308. The van der Waals surface area contributed by atoms with Crippen molar-refractivity contribution in [1.29, 1.82) is 0 Å². The lowest BCUT2D eigenvalue weighted by Gasteiger charge is -2.16. The van der Waals surface area contributed by atoms with E-state index in [1.54, 1.807) is 9.75 Å². The minimum absolute atomic E-state index is 0.690. The number of unbranched alkanes of at least 4 members (excludes halogenated alkanes) is 18. The monoisotopic (exact) mass is 1210 g/mol.